The molecule has 3 aliphatic heterocycles. The summed E-state index contributed by atoms with van der Waals surface area (Å²) >= 11 is 1.61. The number of imidazole rings is 1. The van der Waals surface area contributed by atoms with Gasteiger partial charge in [-0.3, -0.25) is 14.3 Å². The Morgan fingerprint density at radius 2 is 2.27 bits per heavy atom. The molecule has 2 aromatic heterocycles. The van der Waals surface area contributed by atoms with Crippen molar-refractivity contribution in [2.24, 2.45) is 5.92 Å². The topological polar surface area (TPSA) is 47.4 Å². The number of piperidine rings is 3. The molecule has 0 radical (unpaired) electrons. The van der Waals surface area contributed by atoms with Crippen LogP contribution < -0.4 is 0 Å². The maximum Gasteiger partial charge on any atom is 0.310 e. The molecule has 3 fully saturated rings. The summed E-state index contributed by atoms with van der Waals surface area (Å²) in [5, 5.41) is 3.05. The van der Waals surface area contributed by atoms with Crippen molar-refractivity contribution in [1.29, 1.82) is 0 Å². The first kappa shape index (κ1) is 14.0. The predicted molar refractivity (Wildman–Crippen MR) is 84.2 cm³/mol. The molecule has 1 atom stereocenters. The van der Waals surface area contributed by atoms with Crippen LogP contribution in [-0.2, 0) is 16.0 Å². The highest BCUT2D eigenvalue weighted by Gasteiger charge is 2.36. The molecule has 6 heteroatoms. The van der Waals surface area contributed by atoms with Crippen LogP contribution in [0.2, 0.25) is 0 Å². The summed E-state index contributed by atoms with van der Waals surface area (Å²) in [4.78, 5) is 18.8. The normalized spacial score (nSPS) is 27.0. The lowest BCUT2D eigenvalue weighted by molar-refractivity contribution is -0.157. The number of hydrogen-bond acceptors (Lipinski definition) is 5. The molecule has 5 heterocycles. The second-order valence-corrected chi connectivity index (χ2v) is 6.96. The van der Waals surface area contributed by atoms with Gasteiger partial charge in [-0.2, -0.15) is 0 Å². The summed E-state index contributed by atoms with van der Waals surface area (Å²) in [5.74, 6) is 0.447. The monoisotopic (exact) mass is 317 g/mol. The molecule has 0 spiro atoms. The highest BCUT2D eigenvalue weighted by atomic mass is 32.1. The third-order valence-corrected chi connectivity index (χ3v) is 5.64. The average molecular weight is 317 g/mol. The Balaban J connectivity index is 1.42. The Bertz CT molecular complexity index is 644. The number of rotatable bonds is 4. The first-order chi connectivity index (χ1) is 10.8. The third-order valence-electron chi connectivity index (χ3n) is 4.68. The third kappa shape index (κ3) is 2.68. The van der Waals surface area contributed by atoms with Gasteiger partial charge in [-0.15, -0.1) is 11.3 Å². The van der Waals surface area contributed by atoms with Gasteiger partial charge in [-0.1, -0.05) is 0 Å². The van der Waals surface area contributed by atoms with Crippen LogP contribution in [0, 0.1) is 5.92 Å². The fourth-order valence-electron chi connectivity index (χ4n) is 3.48. The second kappa shape index (κ2) is 5.85. The van der Waals surface area contributed by atoms with Crippen molar-refractivity contribution in [2.75, 3.05) is 19.6 Å². The van der Waals surface area contributed by atoms with Gasteiger partial charge in [-0.05, 0) is 48.9 Å². The van der Waals surface area contributed by atoms with Crippen molar-refractivity contribution < 1.29 is 9.53 Å². The Hall–Kier alpha value is -1.66. The van der Waals surface area contributed by atoms with Crippen molar-refractivity contribution in [3.63, 3.8) is 0 Å². The Kier molecular flexibility index (Phi) is 3.72. The standard InChI is InChI=1S/C16H19N3O2S/c20-15(21-14-10-18-5-1-12(14)2-6-18)9-13-3-8-22-16(13)19-7-4-17-11-19/h3-4,7-8,11-12,14H,1-2,5-6,9-10H2. The molecule has 0 aliphatic carbocycles. The summed E-state index contributed by atoms with van der Waals surface area (Å²) in [7, 11) is 0. The molecule has 0 saturated carbocycles. The summed E-state index contributed by atoms with van der Waals surface area (Å²) in [5.41, 5.74) is 1.01. The van der Waals surface area contributed by atoms with Crippen LogP contribution in [0.3, 0.4) is 0 Å². The van der Waals surface area contributed by atoms with Crippen molar-refractivity contribution in [3.8, 4) is 5.00 Å². The number of thiophene rings is 1. The molecular weight excluding hydrogens is 298 g/mol. The molecule has 0 amide bonds. The maximum absolute atomic E-state index is 12.3. The molecule has 0 N–H and O–H groups in total. The summed E-state index contributed by atoms with van der Waals surface area (Å²) in [6, 6.07) is 2.00. The van der Waals surface area contributed by atoms with E-state index in [1.807, 2.05) is 22.2 Å². The highest BCUT2D eigenvalue weighted by molar-refractivity contribution is 7.12. The predicted octanol–water partition coefficient (Wildman–Crippen LogP) is 2.11. The quantitative estimate of drug-likeness (QED) is 0.811. The molecule has 0 aromatic carbocycles. The van der Waals surface area contributed by atoms with Gasteiger partial charge in [0, 0.05) is 18.9 Å². The van der Waals surface area contributed by atoms with E-state index in [1.165, 1.54) is 0 Å². The summed E-state index contributed by atoms with van der Waals surface area (Å²) < 4.78 is 7.72. The van der Waals surface area contributed by atoms with E-state index in [0.717, 1.165) is 43.0 Å². The lowest BCUT2D eigenvalue weighted by atomic mass is 9.86. The van der Waals surface area contributed by atoms with E-state index in [1.54, 1.807) is 23.9 Å². The molecule has 116 valence electrons. The molecular formula is C16H19N3O2S. The van der Waals surface area contributed by atoms with Gasteiger partial charge < -0.3 is 4.74 Å². The van der Waals surface area contributed by atoms with Gasteiger partial charge in [0.25, 0.3) is 0 Å². The number of carbonyl (C=O) groups is 1. The van der Waals surface area contributed by atoms with Gasteiger partial charge in [0.05, 0.1) is 12.7 Å². The van der Waals surface area contributed by atoms with E-state index in [2.05, 4.69) is 9.88 Å². The van der Waals surface area contributed by atoms with E-state index in [0.29, 0.717) is 12.3 Å². The fourth-order valence-corrected chi connectivity index (χ4v) is 4.36. The zero-order valence-corrected chi connectivity index (χ0v) is 13.2. The first-order valence-electron chi connectivity index (χ1n) is 7.76. The SMILES string of the molecule is O=C(Cc1ccsc1-n1ccnc1)OC1CN2CCC1CC2. The molecule has 2 aromatic rings. The van der Waals surface area contributed by atoms with Crippen LogP contribution >= 0.6 is 11.3 Å². The highest BCUT2D eigenvalue weighted by Crippen LogP contribution is 2.30. The second-order valence-electron chi connectivity index (χ2n) is 6.06. The summed E-state index contributed by atoms with van der Waals surface area (Å²) in [6.07, 6.45) is 8.15. The number of aromatic nitrogens is 2. The molecule has 1 unspecified atom stereocenters. The summed E-state index contributed by atoms with van der Waals surface area (Å²) in [6.45, 7) is 3.23. The average Bonchev–Trinajstić information content (AvgIpc) is 3.19. The van der Waals surface area contributed by atoms with Crippen LogP contribution in [0.15, 0.2) is 30.2 Å². The van der Waals surface area contributed by atoms with Crippen LogP contribution in [0.25, 0.3) is 5.00 Å². The van der Waals surface area contributed by atoms with Gasteiger partial charge in [-0.25, -0.2) is 4.98 Å². The lowest BCUT2D eigenvalue weighted by Gasteiger charge is -2.43. The minimum atomic E-state index is -0.112. The van der Waals surface area contributed by atoms with E-state index < -0.39 is 0 Å². The molecule has 2 bridgehead atoms. The van der Waals surface area contributed by atoms with Crippen molar-refractivity contribution >= 4 is 17.3 Å². The van der Waals surface area contributed by atoms with Crippen molar-refractivity contribution in [3.05, 3.63) is 35.7 Å². The number of ether oxygens (including phenoxy) is 1. The number of hydrogen-bond donors (Lipinski definition) is 0. The zero-order chi connectivity index (χ0) is 14.9. The van der Waals surface area contributed by atoms with Crippen LogP contribution in [0.5, 0.6) is 0 Å². The Labute approximate surface area is 133 Å². The maximum atomic E-state index is 12.3. The number of fused-ring (bicyclic) bond motifs is 3. The van der Waals surface area contributed by atoms with Crippen LogP contribution in [-0.4, -0.2) is 46.2 Å². The molecule has 5 rings (SSSR count). The number of esters is 1. The van der Waals surface area contributed by atoms with Crippen molar-refractivity contribution in [1.82, 2.24) is 14.5 Å². The molecule has 3 saturated heterocycles. The van der Waals surface area contributed by atoms with E-state index in [-0.39, 0.29) is 12.1 Å². The van der Waals surface area contributed by atoms with Gasteiger partial charge in [0.1, 0.15) is 11.1 Å². The van der Waals surface area contributed by atoms with Gasteiger partial charge in [0.15, 0.2) is 0 Å². The van der Waals surface area contributed by atoms with Crippen LogP contribution in [0.4, 0.5) is 0 Å². The zero-order valence-electron chi connectivity index (χ0n) is 12.4. The van der Waals surface area contributed by atoms with Crippen LogP contribution in [0.1, 0.15) is 18.4 Å². The minimum Gasteiger partial charge on any atom is -0.460 e. The number of nitrogens with zero attached hydrogens (tertiary/aromatic N) is 3. The number of carbonyl (C=O) groups excluding carboxylic acids is 1. The van der Waals surface area contributed by atoms with E-state index >= 15 is 0 Å². The van der Waals surface area contributed by atoms with Gasteiger partial charge in [0.2, 0.25) is 0 Å². The lowest BCUT2D eigenvalue weighted by Crippen LogP contribution is -2.52. The van der Waals surface area contributed by atoms with Crippen molar-refractivity contribution in [2.45, 2.75) is 25.4 Å². The van der Waals surface area contributed by atoms with E-state index in [9.17, 15) is 4.79 Å². The van der Waals surface area contributed by atoms with Gasteiger partial charge >= 0.3 is 5.97 Å². The smallest absolute Gasteiger partial charge is 0.310 e. The largest absolute Gasteiger partial charge is 0.460 e. The molecule has 3 aliphatic rings. The molecule has 5 nitrogen and oxygen atoms in total. The minimum absolute atomic E-state index is 0.0883. The Morgan fingerprint density at radius 1 is 1.41 bits per heavy atom. The Morgan fingerprint density at radius 3 is 2.95 bits per heavy atom. The fraction of sp³-hybridized carbons (Fsp3) is 0.500. The van der Waals surface area contributed by atoms with E-state index in [4.69, 9.17) is 4.74 Å². The molecule has 22 heavy (non-hydrogen) atoms. The first-order valence-corrected chi connectivity index (χ1v) is 8.64.